The van der Waals surface area contributed by atoms with E-state index in [4.69, 9.17) is 0 Å². The molecule has 12 heteroatoms. The van der Waals surface area contributed by atoms with Gasteiger partial charge in [0.15, 0.2) is 0 Å². The first kappa shape index (κ1) is 22.5. The fourth-order valence-electron chi connectivity index (χ4n) is 4.48. The van der Waals surface area contributed by atoms with Crippen molar-refractivity contribution >= 4 is 15.7 Å². The molecule has 0 saturated heterocycles. The van der Waals surface area contributed by atoms with Crippen LogP contribution in [0.25, 0.3) is 16.9 Å². The van der Waals surface area contributed by atoms with Gasteiger partial charge in [-0.15, -0.1) is 10.2 Å². The average Bonchev–Trinajstić information content (AvgIpc) is 3.50. The summed E-state index contributed by atoms with van der Waals surface area (Å²) in [7, 11) is -4.22. The van der Waals surface area contributed by atoms with E-state index in [-0.39, 0.29) is 11.6 Å². The van der Waals surface area contributed by atoms with Crippen LogP contribution in [0.5, 0.6) is 0 Å². The number of pyridine rings is 1. The van der Waals surface area contributed by atoms with Crippen LogP contribution >= 0.6 is 0 Å². The molecule has 1 aliphatic carbocycles. The maximum atomic E-state index is 13.7. The third kappa shape index (κ3) is 4.42. The number of sulfonamides is 1. The Labute approximate surface area is 193 Å². The smallest absolute Gasteiger partial charge is 0.317 e. The minimum Gasteiger partial charge on any atom is -0.317 e. The fraction of sp³-hybridized carbons (Fsp3) is 0.318. The summed E-state index contributed by atoms with van der Waals surface area (Å²) in [6.07, 6.45) is 4.30. The summed E-state index contributed by atoms with van der Waals surface area (Å²) in [5.41, 5.74) is 0.0425. The lowest BCUT2D eigenvalue weighted by Crippen LogP contribution is -2.38. The zero-order chi connectivity index (χ0) is 23.9. The highest BCUT2D eigenvalue weighted by Crippen LogP contribution is 2.35. The first-order valence-corrected chi connectivity index (χ1v) is 12.2. The first-order valence-electron chi connectivity index (χ1n) is 10.7. The van der Waals surface area contributed by atoms with Crippen LogP contribution in [-0.2, 0) is 16.2 Å². The minimum atomic E-state index is -4.71. The van der Waals surface area contributed by atoms with Crippen molar-refractivity contribution in [3.63, 3.8) is 0 Å². The number of imidazole rings is 1. The van der Waals surface area contributed by atoms with Crippen LogP contribution in [0.2, 0.25) is 0 Å². The van der Waals surface area contributed by atoms with E-state index < -0.39 is 32.7 Å². The van der Waals surface area contributed by atoms with Gasteiger partial charge in [-0.05, 0) is 56.0 Å². The molecule has 0 spiro atoms. The van der Waals surface area contributed by atoms with Crippen LogP contribution in [0.3, 0.4) is 0 Å². The molecule has 8 nitrogen and oxygen atoms in total. The molecule has 1 aromatic carbocycles. The predicted octanol–water partition coefficient (Wildman–Crippen LogP) is 4.07. The summed E-state index contributed by atoms with van der Waals surface area (Å²) in [6.45, 7) is 0. The molecule has 3 aromatic heterocycles. The second-order valence-electron chi connectivity index (χ2n) is 8.36. The summed E-state index contributed by atoms with van der Waals surface area (Å²) in [4.78, 5) is 3.72. The van der Waals surface area contributed by atoms with E-state index in [2.05, 4.69) is 19.9 Å². The van der Waals surface area contributed by atoms with Gasteiger partial charge in [-0.3, -0.25) is 4.40 Å². The average molecular weight is 491 g/mol. The van der Waals surface area contributed by atoms with Crippen molar-refractivity contribution in [2.24, 2.45) is 0 Å². The lowest BCUT2D eigenvalue weighted by atomic mass is 9.91. The minimum absolute atomic E-state index is 0.0207. The summed E-state index contributed by atoms with van der Waals surface area (Å²) in [5.74, 6) is 0. The van der Waals surface area contributed by atoms with Crippen molar-refractivity contribution in [2.45, 2.75) is 48.8 Å². The molecule has 0 amide bonds. The van der Waals surface area contributed by atoms with Crippen molar-refractivity contribution in [3.8, 4) is 11.3 Å². The molecule has 178 valence electrons. The van der Waals surface area contributed by atoms with Gasteiger partial charge in [0.1, 0.15) is 18.3 Å². The van der Waals surface area contributed by atoms with E-state index in [1.807, 2.05) is 4.57 Å². The molecular weight excluding hydrogens is 469 g/mol. The van der Waals surface area contributed by atoms with Gasteiger partial charge in [0.25, 0.3) is 0 Å². The Hall–Kier alpha value is -3.25. The van der Waals surface area contributed by atoms with E-state index in [1.54, 1.807) is 41.5 Å². The number of nitrogens with one attached hydrogen (secondary N) is 1. The number of alkyl halides is 3. The number of nitrogens with zero attached hydrogens (tertiary/aromatic N) is 5. The highest BCUT2D eigenvalue weighted by Gasteiger charge is 2.34. The van der Waals surface area contributed by atoms with Gasteiger partial charge in [-0.25, -0.2) is 18.1 Å². The van der Waals surface area contributed by atoms with E-state index in [1.165, 1.54) is 12.3 Å². The van der Waals surface area contributed by atoms with Crippen LogP contribution < -0.4 is 4.72 Å². The Bertz CT molecular complexity index is 1420. The molecule has 34 heavy (non-hydrogen) atoms. The number of hydrogen-bond acceptors (Lipinski definition) is 5. The second kappa shape index (κ2) is 8.51. The Morgan fingerprint density at radius 2 is 1.85 bits per heavy atom. The van der Waals surface area contributed by atoms with E-state index in [9.17, 15) is 21.6 Å². The summed E-state index contributed by atoms with van der Waals surface area (Å²) < 4.78 is 73.7. The highest BCUT2D eigenvalue weighted by molar-refractivity contribution is 7.89. The van der Waals surface area contributed by atoms with Gasteiger partial charge >= 0.3 is 6.18 Å². The molecule has 0 bridgehead atoms. The molecule has 1 N–H and O–H groups in total. The fourth-order valence-corrected chi connectivity index (χ4v) is 5.83. The molecule has 0 radical (unpaired) electrons. The highest BCUT2D eigenvalue weighted by atomic mass is 32.2. The van der Waals surface area contributed by atoms with Gasteiger partial charge in [0.2, 0.25) is 10.0 Å². The molecule has 2 atom stereocenters. The van der Waals surface area contributed by atoms with Crippen LogP contribution in [0.1, 0.15) is 37.3 Å². The Morgan fingerprint density at radius 1 is 1.06 bits per heavy atom. The van der Waals surface area contributed by atoms with Crippen LogP contribution in [0.4, 0.5) is 13.2 Å². The van der Waals surface area contributed by atoms with Crippen molar-refractivity contribution in [2.75, 3.05) is 0 Å². The Balaban J connectivity index is 1.51. The number of aromatic nitrogens is 5. The maximum Gasteiger partial charge on any atom is 0.416 e. The quantitative estimate of drug-likeness (QED) is 0.455. The summed E-state index contributed by atoms with van der Waals surface area (Å²) in [5, 5.41) is 7.59. The maximum absolute atomic E-state index is 13.7. The molecule has 1 fully saturated rings. The van der Waals surface area contributed by atoms with E-state index >= 15 is 0 Å². The van der Waals surface area contributed by atoms with E-state index in [0.717, 1.165) is 18.9 Å². The number of benzene rings is 1. The molecule has 3 heterocycles. The third-order valence-electron chi connectivity index (χ3n) is 6.09. The zero-order valence-electron chi connectivity index (χ0n) is 17.9. The molecule has 1 aliphatic rings. The molecule has 5 rings (SSSR count). The van der Waals surface area contributed by atoms with Gasteiger partial charge < -0.3 is 4.57 Å². The lowest BCUT2D eigenvalue weighted by molar-refractivity contribution is -0.137. The number of halogens is 3. The van der Waals surface area contributed by atoms with Crippen molar-refractivity contribution in [1.29, 1.82) is 0 Å². The van der Waals surface area contributed by atoms with Crippen molar-refractivity contribution in [1.82, 2.24) is 28.9 Å². The Kier molecular flexibility index (Phi) is 5.64. The standard InChI is InChI=1S/C22H21F3N6O2S/c23-22(24,25)16-9-15(20-5-2-6-21-26-7-8-31(20)21)10-19(11-16)34(32,33)29-17-3-1-4-18(12-17)30-13-27-28-14-30/h2,5-11,13-14,17-18,29H,1,3-4,12H2. The molecule has 0 aliphatic heterocycles. The van der Waals surface area contributed by atoms with Crippen molar-refractivity contribution < 1.29 is 21.6 Å². The van der Waals surface area contributed by atoms with Crippen LogP contribution in [0, 0.1) is 0 Å². The molecule has 4 aromatic rings. The third-order valence-corrected chi connectivity index (χ3v) is 7.59. The van der Waals surface area contributed by atoms with Gasteiger partial charge in [-0.1, -0.05) is 6.07 Å². The molecule has 1 saturated carbocycles. The topological polar surface area (TPSA) is 94.2 Å². The summed E-state index contributed by atoms with van der Waals surface area (Å²) in [6, 6.07) is 7.51. The number of fused-ring (bicyclic) bond motifs is 1. The number of hydrogen-bond donors (Lipinski definition) is 1. The van der Waals surface area contributed by atoms with Crippen LogP contribution in [0.15, 0.2) is 66.3 Å². The molecule has 2 unspecified atom stereocenters. The summed E-state index contributed by atoms with van der Waals surface area (Å²) >= 11 is 0. The predicted molar refractivity (Wildman–Crippen MR) is 117 cm³/mol. The van der Waals surface area contributed by atoms with Gasteiger partial charge in [0.05, 0.1) is 16.2 Å². The Morgan fingerprint density at radius 3 is 2.62 bits per heavy atom. The van der Waals surface area contributed by atoms with Crippen LogP contribution in [-0.4, -0.2) is 38.6 Å². The van der Waals surface area contributed by atoms with Gasteiger partial charge in [0, 0.05) is 30.0 Å². The van der Waals surface area contributed by atoms with Gasteiger partial charge in [-0.2, -0.15) is 13.2 Å². The SMILES string of the molecule is O=S(=O)(NC1CCCC(n2cnnc2)C1)c1cc(-c2cccc3nccn23)cc(C(F)(F)F)c1. The monoisotopic (exact) mass is 490 g/mol. The molecular formula is C22H21F3N6O2S. The number of rotatable bonds is 5. The van der Waals surface area contributed by atoms with E-state index in [0.29, 0.717) is 30.2 Å². The normalized spacial score (nSPS) is 19.5. The first-order chi connectivity index (χ1) is 16.2. The van der Waals surface area contributed by atoms with Crippen molar-refractivity contribution in [3.05, 3.63) is 67.0 Å². The zero-order valence-corrected chi connectivity index (χ0v) is 18.7. The lowest BCUT2D eigenvalue weighted by Gasteiger charge is -2.30. The second-order valence-corrected chi connectivity index (χ2v) is 10.1. The largest absolute Gasteiger partial charge is 0.416 e.